The quantitative estimate of drug-likeness (QED) is 0.105. The minimum absolute atomic E-state index is 0.0961. The van der Waals surface area contributed by atoms with E-state index in [9.17, 15) is 19.5 Å². The van der Waals surface area contributed by atoms with Gasteiger partial charge in [0.2, 0.25) is 6.41 Å². The minimum Gasteiger partial charge on any atom is -0.432 e. The molecule has 7 rings (SSSR count). The number of fused-ring (bicyclic) bond motifs is 2. The number of hydrogen-bond acceptors (Lipinski definition) is 7. The summed E-state index contributed by atoms with van der Waals surface area (Å²) in [5.41, 5.74) is 3.90. The number of anilines is 3. The van der Waals surface area contributed by atoms with E-state index in [1.54, 1.807) is 14.5 Å². The second-order valence-corrected chi connectivity index (χ2v) is 19.1. The SMILES string of the molecule is C[C@@H]1[C@@H]([Si](C)(C)O)[C@H](CCn2cc(C(CO)c3ccccc3)nn2)O[C@@]12C(=O)N(Cc1cccc(N(C=O)c3ccccc3)c1)c1ccc(Br)cc12. The van der Waals surface area contributed by atoms with Gasteiger partial charge in [0.25, 0.3) is 5.91 Å². The van der Waals surface area contributed by atoms with Crippen molar-refractivity contribution in [2.75, 3.05) is 16.4 Å². The molecule has 268 valence electrons. The smallest absolute Gasteiger partial charge is 0.264 e. The molecule has 2 aliphatic rings. The van der Waals surface area contributed by atoms with Crippen LogP contribution in [0.15, 0.2) is 114 Å². The lowest BCUT2D eigenvalue weighted by atomic mass is 9.82. The van der Waals surface area contributed by atoms with Crippen LogP contribution in [0.2, 0.25) is 18.6 Å². The number of benzene rings is 4. The summed E-state index contributed by atoms with van der Waals surface area (Å²) in [6.45, 7) is 6.49. The van der Waals surface area contributed by atoms with Gasteiger partial charge in [0.1, 0.15) is 0 Å². The van der Waals surface area contributed by atoms with Crippen LogP contribution in [-0.4, -0.2) is 58.2 Å². The van der Waals surface area contributed by atoms with Crippen molar-refractivity contribution in [2.24, 2.45) is 5.92 Å². The Morgan fingerprint density at radius 2 is 1.71 bits per heavy atom. The molecular formula is C40H42BrN5O5Si. The van der Waals surface area contributed by atoms with Gasteiger partial charge in [-0.1, -0.05) is 88.7 Å². The van der Waals surface area contributed by atoms with Crippen LogP contribution in [0.4, 0.5) is 17.1 Å². The van der Waals surface area contributed by atoms with Gasteiger partial charge in [0, 0.05) is 45.6 Å². The molecule has 0 aliphatic carbocycles. The Balaban J connectivity index is 1.18. The number of nitrogens with zero attached hydrogens (tertiary/aromatic N) is 5. The summed E-state index contributed by atoms with van der Waals surface area (Å²) < 4.78 is 9.61. The van der Waals surface area contributed by atoms with E-state index in [-0.39, 0.29) is 36.4 Å². The van der Waals surface area contributed by atoms with E-state index >= 15 is 0 Å². The fraction of sp³-hybridized carbons (Fsp3) is 0.300. The predicted octanol–water partition coefficient (Wildman–Crippen LogP) is 6.89. The fourth-order valence-electron chi connectivity index (χ4n) is 8.22. The number of rotatable bonds is 12. The average Bonchev–Trinajstić information content (AvgIpc) is 3.79. The molecule has 12 heteroatoms. The fourth-order valence-corrected chi connectivity index (χ4v) is 11.2. The van der Waals surface area contributed by atoms with Gasteiger partial charge in [-0.2, -0.15) is 0 Å². The third-order valence-electron chi connectivity index (χ3n) is 10.6. The number of halogens is 1. The van der Waals surface area contributed by atoms with E-state index in [0.29, 0.717) is 24.3 Å². The van der Waals surface area contributed by atoms with Crippen LogP contribution < -0.4 is 9.80 Å². The molecule has 1 fully saturated rings. The molecule has 1 saturated heterocycles. The highest BCUT2D eigenvalue weighted by molar-refractivity contribution is 9.10. The lowest BCUT2D eigenvalue weighted by molar-refractivity contribution is -0.146. The maximum Gasteiger partial charge on any atom is 0.264 e. The molecule has 2 N–H and O–H groups in total. The van der Waals surface area contributed by atoms with Crippen molar-refractivity contribution in [3.8, 4) is 0 Å². The number of aryl methyl sites for hydroxylation is 1. The standard InChI is InChI=1S/C40H42BrN5O5Si/c1-27-38(52(2,3)50)37(19-20-44-24-35(42-43-44)33(25-47)29-12-6-4-7-13-29)51-40(27)34-22-30(41)17-18-36(34)45(39(40)49)23-28-11-10-16-32(21-28)46(26-48)31-14-8-5-9-15-31/h4-18,21-22,24,26-27,33,37-38,47,50H,19-20,23,25H2,1-3H3/t27-,33?,37+,38-,40+/m1/s1. The molecule has 1 aromatic heterocycles. The van der Waals surface area contributed by atoms with Crippen LogP contribution in [0.25, 0.3) is 0 Å². The summed E-state index contributed by atoms with van der Waals surface area (Å²) in [4.78, 5) is 42.3. The number of aliphatic hydroxyl groups excluding tert-OH is 1. The van der Waals surface area contributed by atoms with Crippen LogP contribution in [0, 0.1) is 5.92 Å². The number of para-hydroxylation sites is 1. The Kier molecular flexibility index (Phi) is 10.0. The van der Waals surface area contributed by atoms with E-state index in [4.69, 9.17) is 4.74 Å². The molecule has 1 spiro atoms. The first-order valence-corrected chi connectivity index (χ1v) is 21.3. The van der Waals surface area contributed by atoms with E-state index in [0.717, 1.165) is 38.9 Å². The Morgan fingerprint density at radius 1 is 1.00 bits per heavy atom. The summed E-state index contributed by atoms with van der Waals surface area (Å²) in [7, 11) is -2.89. The molecule has 5 aromatic rings. The number of ether oxygens (including phenoxy) is 1. The lowest BCUT2D eigenvalue weighted by Gasteiger charge is -2.32. The third-order valence-corrected chi connectivity index (χ3v) is 13.6. The summed E-state index contributed by atoms with van der Waals surface area (Å²) in [6.07, 6.45) is 2.72. The molecule has 5 atom stereocenters. The van der Waals surface area contributed by atoms with Crippen molar-refractivity contribution in [1.82, 2.24) is 15.0 Å². The number of aliphatic hydroxyl groups is 1. The first kappa shape index (κ1) is 35.9. The number of aromatic nitrogens is 3. The van der Waals surface area contributed by atoms with Gasteiger partial charge in [0.15, 0.2) is 13.9 Å². The number of carbonyl (C=O) groups is 2. The largest absolute Gasteiger partial charge is 0.432 e. The van der Waals surface area contributed by atoms with Crippen molar-refractivity contribution >= 4 is 53.6 Å². The molecular weight excluding hydrogens is 738 g/mol. The summed E-state index contributed by atoms with van der Waals surface area (Å²) in [5.74, 6) is -0.792. The van der Waals surface area contributed by atoms with Crippen molar-refractivity contribution in [3.63, 3.8) is 0 Å². The maximum atomic E-state index is 14.9. The van der Waals surface area contributed by atoms with Gasteiger partial charge in [-0.05, 0) is 73.1 Å². The highest BCUT2D eigenvalue weighted by atomic mass is 79.9. The van der Waals surface area contributed by atoms with Gasteiger partial charge < -0.3 is 19.5 Å². The van der Waals surface area contributed by atoms with Gasteiger partial charge >= 0.3 is 0 Å². The van der Waals surface area contributed by atoms with Crippen molar-refractivity contribution < 1.29 is 24.2 Å². The van der Waals surface area contributed by atoms with E-state index in [1.807, 2.05) is 129 Å². The van der Waals surface area contributed by atoms with Gasteiger partial charge in [-0.25, -0.2) is 0 Å². The van der Waals surface area contributed by atoms with Crippen LogP contribution in [0.1, 0.15) is 41.6 Å². The minimum atomic E-state index is -2.89. The highest BCUT2D eigenvalue weighted by Crippen LogP contribution is 2.60. The summed E-state index contributed by atoms with van der Waals surface area (Å²) in [5, 5.41) is 18.9. The number of carbonyl (C=O) groups excluding carboxylic acids is 2. The normalized spacial score (nSPS) is 21.8. The molecule has 52 heavy (non-hydrogen) atoms. The zero-order valence-electron chi connectivity index (χ0n) is 29.3. The molecule has 10 nitrogen and oxygen atoms in total. The van der Waals surface area contributed by atoms with E-state index < -0.39 is 20.0 Å². The zero-order chi connectivity index (χ0) is 36.6. The van der Waals surface area contributed by atoms with Crippen LogP contribution in [0.3, 0.4) is 0 Å². The number of amides is 2. The van der Waals surface area contributed by atoms with Crippen molar-refractivity contribution in [1.29, 1.82) is 0 Å². The second kappa shape index (κ2) is 14.5. The second-order valence-electron chi connectivity index (χ2n) is 14.2. The predicted molar refractivity (Wildman–Crippen MR) is 206 cm³/mol. The zero-order valence-corrected chi connectivity index (χ0v) is 31.9. The number of hydrogen-bond donors (Lipinski definition) is 2. The summed E-state index contributed by atoms with van der Waals surface area (Å²) in [6, 6.07) is 32.6. The monoisotopic (exact) mass is 779 g/mol. The van der Waals surface area contributed by atoms with Gasteiger partial charge in [-0.3, -0.25) is 19.2 Å². The Hall–Kier alpha value is -4.46. The molecule has 1 unspecified atom stereocenters. The Morgan fingerprint density at radius 3 is 2.40 bits per heavy atom. The molecule has 2 aliphatic heterocycles. The molecule has 0 bridgehead atoms. The molecule has 0 saturated carbocycles. The van der Waals surface area contributed by atoms with E-state index in [2.05, 4.69) is 26.2 Å². The van der Waals surface area contributed by atoms with E-state index in [1.165, 1.54) is 0 Å². The van der Waals surface area contributed by atoms with Crippen molar-refractivity contribution in [2.45, 2.75) is 62.7 Å². The lowest BCUT2D eigenvalue weighted by Crippen LogP contribution is -2.46. The van der Waals surface area contributed by atoms with Crippen LogP contribution >= 0.6 is 15.9 Å². The van der Waals surface area contributed by atoms with Crippen molar-refractivity contribution in [3.05, 3.63) is 136 Å². The maximum absolute atomic E-state index is 14.9. The first-order chi connectivity index (χ1) is 25.0. The Bertz CT molecular complexity index is 2060. The topological polar surface area (TPSA) is 121 Å². The van der Waals surface area contributed by atoms with Gasteiger partial charge in [-0.15, -0.1) is 5.10 Å². The summed E-state index contributed by atoms with van der Waals surface area (Å²) >= 11 is 3.64. The highest BCUT2D eigenvalue weighted by Gasteiger charge is 2.66. The van der Waals surface area contributed by atoms with Gasteiger partial charge in [0.05, 0.1) is 36.6 Å². The molecule has 0 radical (unpaired) electrons. The molecule has 4 aromatic carbocycles. The average molecular weight is 781 g/mol. The molecule has 2 amide bonds. The molecule has 3 heterocycles. The Labute approximate surface area is 312 Å². The third kappa shape index (κ3) is 6.54. The van der Waals surface area contributed by atoms with Crippen LogP contribution in [-0.2, 0) is 33.0 Å². The first-order valence-electron chi connectivity index (χ1n) is 17.5. The van der Waals surface area contributed by atoms with Crippen LogP contribution in [0.5, 0.6) is 0 Å².